The molecule has 0 spiro atoms. The number of hydrogen-bond acceptors (Lipinski definition) is 3. The average Bonchev–Trinajstić information content (AvgIpc) is 2.81. The molecule has 1 N–H and O–H groups in total. The summed E-state index contributed by atoms with van der Waals surface area (Å²) in [6.07, 6.45) is 1.67. The molecule has 2 rings (SSSR count). The summed E-state index contributed by atoms with van der Waals surface area (Å²) in [6, 6.07) is 9.92. The Morgan fingerprint density at radius 2 is 2.12 bits per heavy atom. The van der Waals surface area contributed by atoms with E-state index in [0.29, 0.717) is 6.54 Å². The number of aryl methyl sites for hydroxylation is 1. The Balaban J connectivity index is 2.21. The van der Waals surface area contributed by atoms with Crippen molar-refractivity contribution in [3.05, 3.63) is 53.5 Å². The van der Waals surface area contributed by atoms with Crippen molar-refractivity contribution in [2.24, 2.45) is 0 Å². The Morgan fingerprint density at radius 3 is 2.76 bits per heavy atom. The highest BCUT2D eigenvalue weighted by Gasteiger charge is 2.08. The molecule has 0 saturated carbocycles. The van der Waals surface area contributed by atoms with Crippen LogP contribution in [0.3, 0.4) is 0 Å². The third-order valence-electron chi connectivity index (χ3n) is 2.79. The van der Waals surface area contributed by atoms with Crippen LogP contribution in [0.2, 0.25) is 0 Å². The van der Waals surface area contributed by atoms with E-state index in [0.717, 1.165) is 22.6 Å². The maximum atomic E-state index is 9.37. The normalized spacial score (nSPS) is 10.5. The van der Waals surface area contributed by atoms with E-state index in [1.165, 1.54) is 0 Å². The van der Waals surface area contributed by atoms with Crippen LogP contribution >= 0.6 is 0 Å². The van der Waals surface area contributed by atoms with E-state index in [2.05, 4.69) is 4.90 Å². The van der Waals surface area contributed by atoms with E-state index in [4.69, 9.17) is 4.42 Å². The van der Waals surface area contributed by atoms with Crippen LogP contribution in [0.15, 0.2) is 41.0 Å². The van der Waals surface area contributed by atoms with Crippen molar-refractivity contribution in [3.8, 4) is 0 Å². The van der Waals surface area contributed by atoms with Gasteiger partial charge in [-0.05, 0) is 25.1 Å². The summed E-state index contributed by atoms with van der Waals surface area (Å²) in [7, 11) is 1.99. The van der Waals surface area contributed by atoms with Crippen molar-refractivity contribution in [2.75, 3.05) is 11.9 Å². The molecule has 1 heterocycles. The lowest BCUT2D eigenvalue weighted by Gasteiger charge is -2.21. The molecule has 0 amide bonds. The first-order valence-electron chi connectivity index (χ1n) is 5.64. The molecule has 0 aliphatic heterocycles. The summed E-state index contributed by atoms with van der Waals surface area (Å²) >= 11 is 0. The van der Waals surface area contributed by atoms with Crippen molar-refractivity contribution in [1.82, 2.24) is 0 Å². The van der Waals surface area contributed by atoms with Gasteiger partial charge in [0.25, 0.3) is 0 Å². The monoisotopic (exact) mass is 231 g/mol. The van der Waals surface area contributed by atoms with Gasteiger partial charge in [-0.2, -0.15) is 0 Å². The molecule has 90 valence electrons. The highest BCUT2D eigenvalue weighted by Crippen LogP contribution is 2.22. The lowest BCUT2D eigenvalue weighted by Crippen LogP contribution is -2.17. The molecule has 0 aliphatic rings. The van der Waals surface area contributed by atoms with Gasteiger partial charge in [-0.1, -0.05) is 17.7 Å². The highest BCUT2D eigenvalue weighted by molar-refractivity contribution is 5.54. The van der Waals surface area contributed by atoms with E-state index in [9.17, 15) is 5.11 Å². The maximum Gasteiger partial charge on any atom is 0.123 e. The lowest BCUT2D eigenvalue weighted by atomic mass is 10.1. The predicted octanol–water partition coefficient (Wildman–Crippen LogP) is 2.72. The van der Waals surface area contributed by atoms with Crippen LogP contribution in [0.4, 0.5) is 5.69 Å². The summed E-state index contributed by atoms with van der Waals surface area (Å²) < 4.78 is 5.32. The van der Waals surface area contributed by atoms with Crippen LogP contribution in [0, 0.1) is 6.92 Å². The van der Waals surface area contributed by atoms with Gasteiger partial charge < -0.3 is 14.4 Å². The number of benzene rings is 1. The molecule has 0 atom stereocenters. The van der Waals surface area contributed by atoms with E-state index < -0.39 is 0 Å². The Kier molecular flexibility index (Phi) is 3.49. The van der Waals surface area contributed by atoms with E-state index in [1.807, 2.05) is 44.3 Å². The summed E-state index contributed by atoms with van der Waals surface area (Å²) in [5, 5.41) is 9.37. The maximum absolute atomic E-state index is 9.37. The first kappa shape index (κ1) is 11.7. The summed E-state index contributed by atoms with van der Waals surface area (Å²) in [5.41, 5.74) is 3.14. The van der Waals surface area contributed by atoms with Crippen LogP contribution < -0.4 is 4.90 Å². The second-order valence-electron chi connectivity index (χ2n) is 4.23. The SMILES string of the molecule is Cc1ccc(N(C)Cc2ccco2)c(CO)c1. The standard InChI is InChI=1S/C14H17NO2/c1-11-5-6-14(12(8-11)10-16)15(2)9-13-4-3-7-17-13/h3-8,16H,9-10H2,1-2H3. The van der Waals surface area contributed by atoms with Gasteiger partial charge in [-0.3, -0.25) is 0 Å². The van der Waals surface area contributed by atoms with Crippen molar-refractivity contribution in [3.63, 3.8) is 0 Å². The smallest absolute Gasteiger partial charge is 0.123 e. The fourth-order valence-electron chi connectivity index (χ4n) is 1.93. The van der Waals surface area contributed by atoms with E-state index in [-0.39, 0.29) is 6.61 Å². The van der Waals surface area contributed by atoms with E-state index >= 15 is 0 Å². The number of nitrogens with zero attached hydrogens (tertiary/aromatic N) is 1. The minimum absolute atomic E-state index is 0.0551. The number of anilines is 1. The summed E-state index contributed by atoms with van der Waals surface area (Å²) in [4.78, 5) is 2.07. The molecule has 0 fully saturated rings. The molecular weight excluding hydrogens is 214 g/mol. The fourth-order valence-corrected chi connectivity index (χ4v) is 1.93. The molecule has 0 aliphatic carbocycles. The van der Waals surface area contributed by atoms with E-state index in [1.54, 1.807) is 6.26 Å². The van der Waals surface area contributed by atoms with Crippen LogP contribution in [0.5, 0.6) is 0 Å². The molecule has 0 unspecified atom stereocenters. The van der Waals surface area contributed by atoms with Gasteiger partial charge in [-0.15, -0.1) is 0 Å². The summed E-state index contributed by atoms with van der Waals surface area (Å²) in [5.74, 6) is 0.914. The molecule has 3 heteroatoms. The number of hydrogen-bond donors (Lipinski definition) is 1. The van der Waals surface area contributed by atoms with Gasteiger partial charge in [-0.25, -0.2) is 0 Å². The lowest BCUT2D eigenvalue weighted by molar-refractivity contribution is 0.282. The molecule has 2 aromatic rings. The summed E-state index contributed by atoms with van der Waals surface area (Å²) in [6.45, 7) is 2.78. The van der Waals surface area contributed by atoms with Gasteiger partial charge in [0.15, 0.2) is 0 Å². The zero-order valence-corrected chi connectivity index (χ0v) is 10.2. The van der Waals surface area contributed by atoms with Crippen molar-refractivity contribution in [2.45, 2.75) is 20.1 Å². The van der Waals surface area contributed by atoms with Gasteiger partial charge in [0.1, 0.15) is 5.76 Å². The van der Waals surface area contributed by atoms with Crippen LogP contribution in [-0.4, -0.2) is 12.2 Å². The third-order valence-corrected chi connectivity index (χ3v) is 2.79. The van der Waals surface area contributed by atoms with Gasteiger partial charge in [0, 0.05) is 18.3 Å². The predicted molar refractivity (Wildman–Crippen MR) is 67.9 cm³/mol. The average molecular weight is 231 g/mol. The quantitative estimate of drug-likeness (QED) is 0.879. The minimum Gasteiger partial charge on any atom is -0.467 e. The number of aliphatic hydroxyl groups excluding tert-OH is 1. The van der Waals surface area contributed by atoms with Gasteiger partial charge >= 0.3 is 0 Å². The topological polar surface area (TPSA) is 36.6 Å². The Hall–Kier alpha value is -1.74. The van der Waals surface area contributed by atoms with Gasteiger partial charge in [0.05, 0.1) is 19.4 Å². The molecule has 3 nitrogen and oxygen atoms in total. The Labute approximate surface area is 101 Å². The second-order valence-corrected chi connectivity index (χ2v) is 4.23. The molecule has 0 radical (unpaired) electrons. The fraction of sp³-hybridized carbons (Fsp3) is 0.286. The minimum atomic E-state index is 0.0551. The highest BCUT2D eigenvalue weighted by atomic mass is 16.3. The Bertz CT molecular complexity index is 477. The van der Waals surface area contributed by atoms with Crippen molar-refractivity contribution >= 4 is 5.69 Å². The van der Waals surface area contributed by atoms with Crippen LogP contribution in [0.25, 0.3) is 0 Å². The zero-order chi connectivity index (χ0) is 12.3. The number of aliphatic hydroxyl groups is 1. The van der Waals surface area contributed by atoms with Crippen LogP contribution in [0.1, 0.15) is 16.9 Å². The molecule has 0 bridgehead atoms. The first-order chi connectivity index (χ1) is 8.20. The second kappa shape index (κ2) is 5.06. The molecule has 1 aromatic heterocycles. The third kappa shape index (κ3) is 2.68. The largest absolute Gasteiger partial charge is 0.467 e. The van der Waals surface area contributed by atoms with Gasteiger partial charge in [0.2, 0.25) is 0 Å². The molecule has 1 aromatic carbocycles. The van der Waals surface area contributed by atoms with Crippen molar-refractivity contribution < 1.29 is 9.52 Å². The number of furan rings is 1. The van der Waals surface area contributed by atoms with Crippen LogP contribution in [-0.2, 0) is 13.2 Å². The molecule has 0 saturated heterocycles. The molecular formula is C14H17NO2. The Morgan fingerprint density at radius 1 is 1.29 bits per heavy atom. The molecule has 17 heavy (non-hydrogen) atoms. The number of rotatable bonds is 4. The first-order valence-corrected chi connectivity index (χ1v) is 5.64. The van der Waals surface area contributed by atoms with Crippen molar-refractivity contribution in [1.29, 1.82) is 0 Å². The zero-order valence-electron chi connectivity index (χ0n) is 10.2.